The predicted molar refractivity (Wildman–Crippen MR) is 96.6 cm³/mol. The van der Waals surface area contributed by atoms with E-state index in [2.05, 4.69) is 0 Å². The maximum absolute atomic E-state index is 12.7. The van der Waals surface area contributed by atoms with E-state index in [0.717, 1.165) is 0 Å². The van der Waals surface area contributed by atoms with Crippen LogP contribution in [0.1, 0.15) is 18.5 Å². The summed E-state index contributed by atoms with van der Waals surface area (Å²) in [6, 6.07) is 13.2. The third-order valence-electron chi connectivity index (χ3n) is 4.35. The summed E-state index contributed by atoms with van der Waals surface area (Å²) in [6.07, 6.45) is 0. The van der Waals surface area contributed by atoms with Gasteiger partial charge in [0.2, 0.25) is 0 Å². The second kappa shape index (κ2) is 6.92. The Morgan fingerprint density at radius 3 is 2.27 bits per heavy atom. The first kappa shape index (κ1) is 17.5. The molecule has 0 bridgehead atoms. The highest BCUT2D eigenvalue weighted by Crippen LogP contribution is 2.41. The lowest BCUT2D eigenvalue weighted by Crippen LogP contribution is -2.30. The van der Waals surface area contributed by atoms with Crippen molar-refractivity contribution < 1.29 is 24.2 Å². The lowest BCUT2D eigenvalue weighted by atomic mass is 9.96. The van der Waals surface area contributed by atoms with E-state index in [1.807, 2.05) is 0 Å². The largest absolute Gasteiger partial charge is 0.503 e. The van der Waals surface area contributed by atoms with Crippen LogP contribution in [0.3, 0.4) is 0 Å². The molecular weight excluding hydrogens is 334 g/mol. The van der Waals surface area contributed by atoms with Gasteiger partial charge in [-0.1, -0.05) is 18.2 Å². The van der Waals surface area contributed by atoms with Crippen LogP contribution in [0.5, 0.6) is 11.5 Å². The van der Waals surface area contributed by atoms with E-state index in [4.69, 9.17) is 9.47 Å². The summed E-state index contributed by atoms with van der Waals surface area (Å²) in [4.78, 5) is 26.3. The quantitative estimate of drug-likeness (QED) is 0.893. The molecule has 0 radical (unpaired) electrons. The van der Waals surface area contributed by atoms with Gasteiger partial charge >= 0.3 is 0 Å². The number of ketones is 1. The Hall–Kier alpha value is -3.28. The number of carbonyl (C=O) groups is 2. The summed E-state index contributed by atoms with van der Waals surface area (Å²) < 4.78 is 10.4. The van der Waals surface area contributed by atoms with Crippen molar-refractivity contribution in [1.29, 1.82) is 0 Å². The first-order valence-corrected chi connectivity index (χ1v) is 8.03. The summed E-state index contributed by atoms with van der Waals surface area (Å²) in [5, 5.41) is 10.3. The van der Waals surface area contributed by atoms with Gasteiger partial charge in [-0.3, -0.25) is 14.5 Å². The molecule has 1 aliphatic heterocycles. The zero-order valence-electron chi connectivity index (χ0n) is 14.7. The minimum absolute atomic E-state index is 0.0722. The van der Waals surface area contributed by atoms with Gasteiger partial charge in [-0.05, 0) is 36.8 Å². The van der Waals surface area contributed by atoms with Crippen LogP contribution in [0.4, 0.5) is 5.69 Å². The number of anilines is 1. The second-order valence-corrected chi connectivity index (χ2v) is 5.87. The Morgan fingerprint density at radius 1 is 1.04 bits per heavy atom. The fraction of sp³-hybridized carbons (Fsp3) is 0.200. The van der Waals surface area contributed by atoms with E-state index in [9.17, 15) is 14.7 Å². The SMILES string of the molecule is COc1ccc([C@H]2C(C(C)=O)=C(O)C(=O)N2c2cccc(OC)c2)cc1. The van der Waals surface area contributed by atoms with E-state index < -0.39 is 17.7 Å². The number of hydrogen-bond donors (Lipinski definition) is 1. The summed E-state index contributed by atoms with van der Waals surface area (Å²) in [5.41, 5.74) is 1.29. The maximum atomic E-state index is 12.7. The van der Waals surface area contributed by atoms with Crippen molar-refractivity contribution in [2.75, 3.05) is 19.1 Å². The standard InChI is InChI=1S/C20H19NO5/c1-12(22)17-18(13-7-9-15(25-2)10-8-13)21(20(24)19(17)23)14-5-4-6-16(11-14)26-3/h4-11,18,23H,1-3H3/t18-/m0/s1. The van der Waals surface area contributed by atoms with E-state index in [0.29, 0.717) is 22.7 Å². The fourth-order valence-electron chi connectivity index (χ4n) is 3.09. The van der Waals surface area contributed by atoms with Crippen LogP contribution in [-0.2, 0) is 9.59 Å². The molecule has 2 aromatic carbocycles. The van der Waals surface area contributed by atoms with Crippen molar-refractivity contribution in [1.82, 2.24) is 0 Å². The first-order valence-electron chi connectivity index (χ1n) is 8.03. The van der Waals surface area contributed by atoms with Crippen molar-refractivity contribution in [2.45, 2.75) is 13.0 Å². The van der Waals surface area contributed by atoms with E-state index in [1.165, 1.54) is 18.9 Å². The summed E-state index contributed by atoms with van der Waals surface area (Å²) in [5.74, 6) is -0.282. The number of ether oxygens (including phenoxy) is 2. The van der Waals surface area contributed by atoms with E-state index >= 15 is 0 Å². The van der Waals surface area contributed by atoms with Crippen molar-refractivity contribution in [2.24, 2.45) is 0 Å². The second-order valence-electron chi connectivity index (χ2n) is 5.87. The number of aliphatic hydroxyl groups is 1. The molecule has 0 spiro atoms. The van der Waals surface area contributed by atoms with E-state index in [-0.39, 0.29) is 11.4 Å². The average molecular weight is 353 g/mol. The molecule has 1 aliphatic rings. The summed E-state index contributed by atoms with van der Waals surface area (Å²) >= 11 is 0. The van der Waals surface area contributed by atoms with Crippen LogP contribution in [-0.4, -0.2) is 31.0 Å². The Morgan fingerprint density at radius 2 is 1.69 bits per heavy atom. The molecular formula is C20H19NO5. The Labute approximate surface area is 151 Å². The molecule has 1 atom stereocenters. The van der Waals surface area contributed by atoms with Gasteiger partial charge in [0, 0.05) is 11.8 Å². The van der Waals surface area contributed by atoms with Crippen LogP contribution in [0, 0.1) is 0 Å². The number of nitrogens with zero attached hydrogens (tertiary/aromatic N) is 1. The molecule has 0 saturated carbocycles. The van der Waals surface area contributed by atoms with Crippen LogP contribution >= 0.6 is 0 Å². The topological polar surface area (TPSA) is 76.1 Å². The van der Waals surface area contributed by atoms with Crippen molar-refractivity contribution >= 4 is 17.4 Å². The molecule has 2 aromatic rings. The fourth-order valence-corrected chi connectivity index (χ4v) is 3.09. The van der Waals surface area contributed by atoms with E-state index in [1.54, 1.807) is 55.6 Å². The first-order chi connectivity index (χ1) is 12.5. The molecule has 0 saturated heterocycles. The molecule has 3 rings (SSSR count). The minimum Gasteiger partial charge on any atom is -0.503 e. The highest BCUT2D eigenvalue weighted by Gasteiger charge is 2.43. The van der Waals surface area contributed by atoms with Crippen molar-refractivity contribution in [3.05, 3.63) is 65.4 Å². The van der Waals surface area contributed by atoms with Gasteiger partial charge in [-0.2, -0.15) is 0 Å². The van der Waals surface area contributed by atoms with Gasteiger partial charge in [0.1, 0.15) is 11.5 Å². The van der Waals surface area contributed by atoms with Gasteiger partial charge < -0.3 is 14.6 Å². The molecule has 134 valence electrons. The predicted octanol–water partition coefficient (Wildman–Crippen LogP) is 3.19. The Balaban J connectivity index is 2.14. The third kappa shape index (κ3) is 2.90. The molecule has 1 amide bonds. The lowest BCUT2D eigenvalue weighted by Gasteiger charge is -2.27. The molecule has 1 N–H and O–H groups in total. The van der Waals surface area contributed by atoms with Gasteiger partial charge in [0.15, 0.2) is 11.5 Å². The minimum atomic E-state index is -0.724. The number of aliphatic hydroxyl groups excluding tert-OH is 1. The number of Topliss-reactive ketones (excluding diaryl/α,β-unsaturated/α-hetero) is 1. The highest BCUT2D eigenvalue weighted by atomic mass is 16.5. The van der Waals surface area contributed by atoms with Gasteiger partial charge in [0.25, 0.3) is 5.91 Å². The molecule has 6 heteroatoms. The highest BCUT2D eigenvalue weighted by molar-refractivity contribution is 6.16. The lowest BCUT2D eigenvalue weighted by molar-refractivity contribution is -0.117. The maximum Gasteiger partial charge on any atom is 0.294 e. The summed E-state index contributed by atoms with van der Waals surface area (Å²) in [7, 11) is 3.09. The average Bonchev–Trinajstić information content (AvgIpc) is 2.93. The van der Waals surface area contributed by atoms with Crippen LogP contribution < -0.4 is 14.4 Å². The molecule has 6 nitrogen and oxygen atoms in total. The molecule has 0 fully saturated rings. The van der Waals surface area contributed by atoms with Crippen molar-refractivity contribution in [3.63, 3.8) is 0 Å². The third-order valence-corrected chi connectivity index (χ3v) is 4.35. The summed E-state index contributed by atoms with van der Waals surface area (Å²) in [6.45, 7) is 1.34. The Bertz CT molecular complexity index is 885. The van der Waals surface area contributed by atoms with Gasteiger partial charge in [-0.15, -0.1) is 0 Å². The zero-order chi connectivity index (χ0) is 18.8. The van der Waals surface area contributed by atoms with Gasteiger partial charge in [0.05, 0.1) is 25.8 Å². The molecule has 1 heterocycles. The van der Waals surface area contributed by atoms with Crippen LogP contribution in [0.2, 0.25) is 0 Å². The molecule has 0 unspecified atom stereocenters. The van der Waals surface area contributed by atoms with Crippen molar-refractivity contribution in [3.8, 4) is 11.5 Å². The van der Waals surface area contributed by atoms with Crippen LogP contribution in [0.15, 0.2) is 59.9 Å². The number of amides is 1. The molecule has 26 heavy (non-hydrogen) atoms. The Kier molecular flexibility index (Phi) is 4.67. The number of hydrogen-bond acceptors (Lipinski definition) is 5. The number of benzene rings is 2. The number of methoxy groups -OCH3 is 2. The normalized spacial score (nSPS) is 16.8. The molecule has 0 aliphatic carbocycles. The van der Waals surface area contributed by atoms with Crippen LogP contribution in [0.25, 0.3) is 0 Å². The zero-order valence-corrected chi connectivity index (χ0v) is 14.7. The number of carbonyl (C=O) groups excluding carboxylic acids is 2. The number of rotatable bonds is 5. The van der Waals surface area contributed by atoms with Gasteiger partial charge in [-0.25, -0.2) is 0 Å². The monoisotopic (exact) mass is 353 g/mol. The smallest absolute Gasteiger partial charge is 0.294 e. The molecule has 0 aromatic heterocycles.